The van der Waals surface area contributed by atoms with E-state index in [2.05, 4.69) is 31.3 Å². The van der Waals surface area contributed by atoms with Gasteiger partial charge < -0.3 is 9.64 Å². The van der Waals surface area contributed by atoms with Gasteiger partial charge in [-0.3, -0.25) is 10.1 Å². The topological polar surface area (TPSA) is 41.6 Å². The molecule has 2 aliphatic heterocycles. The van der Waals surface area contributed by atoms with E-state index in [4.69, 9.17) is 4.74 Å². The van der Waals surface area contributed by atoms with Crippen LogP contribution in [0, 0.1) is 13.8 Å². The van der Waals surface area contributed by atoms with Gasteiger partial charge in [0.05, 0.1) is 6.04 Å². The minimum Gasteiger partial charge on any atom is -0.490 e. The van der Waals surface area contributed by atoms with Crippen molar-refractivity contribution in [2.75, 3.05) is 24.7 Å². The summed E-state index contributed by atoms with van der Waals surface area (Å²) in [7, 11) is 0. The highest BCUT2D eigenvalue weighted by atomic mass is 32.2. The SMILES string of the molecule is Cc1ccc(OC2CCN(C(=O)[C@@H]3CSCN3)CC2)cc1C. The number of aryl methyl sites for hydroxylation is 2. The Hall–Kier alpha value is -1.20. The number of likely N-dealkylation sites (tertiary alicyclic amines) is 1. The summed E-state index contributed by atoms with van der Waals surface area (Å²) in [6, 6.07) is 6.26. The molecule has 3 rings (SSSR count). The van der Waals surface area contributed by atoms with Crippen molar-refractivity contribution in [3.8, 4) is 5.75 Å². The Kier molecular flexibility index (Phi) is 4.93. The third-order valence-corrected chi connectivity index (χ3v) is 5.49. The van der Waals surface area contributed by atoms with Crippen LogP contribution < -0.4 is 10.1 Å². The van der Waals surface area contributed by atoms with Crippen molar-refractivity contribution in [1.29, 1.82) is 0 Å². The van der Waals surface area contributed by atoms with E-state index in [1.54, 1.807) is 11.8 Å². The largest absolute Gasteiger partial charge is 0.490 e. The highest BCUT2D eigenvalue weighted by Crippen LogP contribution is 2.22. The number of rotatable bonds is 3. The van der Waals surface area contributed by atoms with E-state index in [-0.39, 0.29) is 18.1 Å². The number of ether oxygens (including phenoxy) is 1. The van der Waals surface area contributed by atoms with Crippen molar-refractivity contribution >= 4 is 17.7 Å². The number of piperidine rings is 1. The summed E-state index contributed by atoms with van der Waals surface area (Å²) in [4.78, 5) is 14.3. The van der Waals surface area contributed by atoms with E-state index in [9.17, 15) is 4.79 Å². The number of nitrogens with zero attached hydrogens (tertiary/aromatic N) is 1. The van der Waals surface area contributed by atoms with Crippen molar-refractivity contribution in [2.45, 2.75) is 38.8 Å². The van der Waals surface area contributed by atoms with Crippen LogP contribution in [0.5, 0.6) is 5.75 Å². The summed E-state index contributed by atoms with van der Waals surface area (Å²) in [5, 5.41) is 3.26. The Morgan fingerprint density at radius 2 is 2.05 bits per heavy atom. The standard InChI is InChI=1S/C17H24N2O2S/c1-12-3-4-15(9-13(12)2)21-14-5-7-19(8-6-14)17(20)16-10-22-11-18-16/h3-4,9,14,16,18H,5-8,10-11H2,1-2H3/t16-/m0/s1. The molecule has 2 fully saturated rings. The Bertz CT molecular complexity index is 535. The predicted molar refractivity (Wildman–Crippen MR) is 90.4 cm³/mol. The number of carbonyl (C=O) groups is 1. The molecule has 1 aromatic carbocycles. The van der Waals surface area contributed by atoms with Crippen LogP contribution in [0.1, 0.15) is 24.0 Å². The molecule has 0 unspecified atom stereocenters. The lowest BCUT2D eigenvalue weighted by atomic mass is 10.1. The lowest BCUT2D eigenvalue weighted by molar-refractivity contribution is -0.134. The Morgan fingerprint density at radius 1 is 1.27 bits per heavy atom. The second-order valence-corrected chi connectivity index (χ2v) is 7.19. The van der Waals surface area contributed by atoms with E-state index in [0.29, 0.717) is 0 Å². The number of benzene rings is 1. The maximum Gasteiger partial charge on any atom is 0.240 e. The smallest absolute Gasteiger partial charge is 0.240 e. The molecule has 1 amide bonds. The summed E-state index contributed by atoms with van der Waals surface area (Å²) < 4.78 is 6.09. The van der Waals surface area contributed by atoms with Gasteiger partial charge in [0.15, 0.2) is 0 Å². The molecule has 2 aliphatic rings. The van der Waals surface area contributed by atoms with Crippen LogP contribution in [0.4, 0.5) is 0 Å². The van der Waals surface area contributed by atoms with Crippen molar-refractivity contribution in [2.24, 2.45) is 0 Å². The summed E-state index contributed by atoms with van der Waals surface area (Å²) in [6.45, 7) is 5.82. The molecule has 1 atom stereocenters. The van der Waals surface area contributed by atoms with E-state index in [1.807, 2.05) is 11.0 Å². The average Bonchev–Trinajstić information content (AvgIpc) is 3.05. The van der Waals surface area contributed by atoms with Gasteiger partial charge in [-0.05, 0) is 37.1 Å². The van der Waals surface area contributed by atoms with Gasteiger partial charge in [-0.1, -0.05) is 6.07 Å². The fourth-order valence-corrected chi connectivity index (χ4v) is 3.88. The van der Waals surface area contributed by atoms with Crippen LogP contribution in [-0.4, -0.2) is 47.7 Å². The lowest BCUT2D eigenvalue weighted by Crippen LogP contribution is -2.49. The molecule has 0 saturated carbocycles. The Morgan fingerprint density at radius 3 is 2.68 bits per heavy atom. The second kappa shape index (κ2) is 6.92. The number of hydrogen-bond donors (Lipinski definition) is 1. The Labute approximate surface area is 136 Å². The highest BCUT2D eigenvalue weighted by Gasteiger charge is 2.30. The van der Waals surface area contributed by atoms with Crippen molar-refractivity contribution < 1.29 is 9.53 Å². The fraction of sp³-hybridized carbons (Fsp3) is 0.588. The second-order valence-electron chi connectivity index (χ2n) is 6.16. The van der Waals surface area contributed by atoms with Crippen LogP contribution in [0.15, 0.2) is 18.2 Å². The molecule has 120 valence electrons. The van der Waals surface area contributed by atoms with Crippen molar-refractivity contribution in [1.82, 2.24) is 10.2 Å². The van der Waals surface area contributed by atoms with E-state index in [0.717, 1.165) is 43.3 Å². The van der Waals surface area contributed by atoms with Gasteiger partial charge in [-0.2, -0.15) is 0 Å². The number of nitrogens with one attached hydrogen (secondary N) is 1. The van der Waals surface area contributed by atoms with Crippen LogP contribution in [-0.2, 0) is 4.79 Å². The number of amides is 1. The molecular weight excluding hydrogens is 296 g/mol. The van der Waals surface area contributed by atoms with Gasteiger partial charge in [0.1, 0.15) is 11.9 Å². The first-order valence-electron chi connectivity index (χ1n) is 7.97. The van der Waals surface area contributed by atoms with Crippen LogP contribution >= 0.6 is 11.8 Å². The van der Waals surface area contributed by atoms with Gasteiger partial charge in [0.2, 0.25) is 5.91 Å². The maximum atomic E-state index is 12.4. The Balaban J connectivity index is 1.51. The zero-order valence-corrected chi connectivity index (χ0v) is 14.1. The fourth-order valence-electron chi connectivity index (χ4n) is 2.95. The lowest BCUT2D eigenvalue weighted by Gasteiger charge is -2.33. The molecule has 22 heavy (non-hydrogen) atoms. The number of carbonyl (C=O) groups excluding carboxylic acids is 1. The third kappa shape index (κ3) is 3.58. The summed E-state index contributed by atoms with van der Waals surface area (Å²) in [6.07, 6.45) is 2.05. The molecule has 0 aromatic heterocycles. The molecule has 0 radical (unpaired) electrons. The molecule has 0 bridgehead atoms. The first-order valence-corrected chi connectivity index (χ1v) is 9.13. The molecule has 4 nitrogen and oxygen atoms in total. The molecule has 2 saturated heterocycles. The zero-order valence-electron chi connectivity index (χ0n) is 13.3. The van der Waals surface area contributed by atoms with E-state index < -0.39 is 0 Å². The van der Waals surface area contributed by atoms with Crippen molar-refractivity contribution in [3.05, 3.63) is 29.3 Å². The van der Waals surface area contributed by atoms with Crippen LogP contribution in [0.2, 0.25) is 0 Å². The van der Waals surface area contributed by atoms with Crippen LogP contribution in [0.25, 0.3) is 0 Å². The quantitative estimate of drug-likeness (QED) is 0.928. The normalized spacial score (nSPS) is 22.8. The summed E-state index contributed by atoms with van der Waals surface area (Å²) >= 11 is 1.80. The molecular formula is C17H24N2O2S. The third-order valence-electron chi connectivity index (χ3n) is 4.55. The minimum atomic E-state index is 0.0159. The molecule has 0 spiro atoms. The van der Waals surface area contributed by atoms with Gasteiger partial charge in [-0.15, -0.1) is 11.8 Å². The van der Waals surface area contributed by atoms with Gasteiger partial charge in [0.25, 0.3) is 0 Å². The zero-order chi connectivity index (χ0) is 15.5. The van der Waals surface area contributed by atoms with Gasteiger partial charge >= 0.3 is 0 Å². The number of thioether (sulfide) groups is 1. The van der Waals surface area contributed by atoms with Gasteiger partial charge in [-0.25, -0.2) is 0 Å². The first kappa shape index (κ1) is 15.7. The van der Waals surface area contributed by atoms with Crippen LogP contribution in [0.3, 0.4) is 0 Å². The molecule has 0 aliphatic carbocycles. The van der Waals surface area contributed by atoms with Gasteiger partial charge in [0, 0.05) is 37.6 Å². The minimum absolute atomic E-state index is 0.0159. The molecule has 1 N–H and O–H groups in total. The van der Waals surface area contributed by atoms with E-state index >= 15 is 0 Å². The highest BCUT2D eigenvalue weighted by molar-refractivity contribution is 7.99. The average molecular weight is 320 g/mol. The monoisotopic (exact) mass is 320 g/mol. The van der Waals surface area contributed by atoms with Crippen molar-refractivity contribution in [3.63, 3.8) is 0 Å². The maximum absolute atomic E-state index is 12.4. The summed E-state index contributed by atoms with van der Waals surface area (Å²) in [5.74, 6) is 3.00. The molecule has 5 heteroatoms. The summed E-state index contributed by atoms with van der Waals surface area (Å²) in [5.41, 5.74) is 2.55. The molecule has 2 heterocycles. The van der Waals surface area contributed by atoms with E-state index in [1.165, 1.54) is 11.1 Å². The molecule has 1 aromatic rings. The first-order chi connectivity index (χ1) is 10.6. The number of hydrogen-bond acceptors (Lipinski definition) is 4. The predicted octanol–water partition coefficient (Wildman–Crippen LogP) is 2.34.